The van der Waals surface area contributed by atoms with Gasteiger partial charge in [0.25, 0.3) is 5.91 Å². The Morgan fingerprint density at radius 2 is 1.78 bits per heavy atom. The number of thioether (sulfide) groups is 1. The summed E-state index contributed by atoms with van der Waals surface area (Å²) in [4.78, 5) is 40.2. The second-order valence-electron chi connectivity index (χ2n) is 9.64. The minimum absolute atomic E-state index is 0.266. The Bertz CT molecular complexity index is 1110. The predicted molar refractivity (Wildman–Crippen MR) is 144 cm³/mol. The first-order valence-corrected chi connectivity index (χ1v) is 13.1. The highest BCUT2D eigenvalue weighted by molar-refractivity contribution is 8.00. The third-order valence-corrected chi connectivity index (χ3v) is 7.86. The van der Waals surface area contributed by atoms with E-state index in [1.807, 2.05) is 57.2 Å². The minimum atomic E-state index is -1.51. The van der Waals surface area contributed by atoms with Crippen molar-refractivity contribution in [2.75, 3.05) is 13.0 Å². The molecule has 9 nitrogen and oxygen atoms in total. The van der Waals surface area contributed by atoms with E-state index >= 15 is 0 Å². The van der Waals surface area contributed by atoms with Crippen molar-refractivity contribution in [1.29, 1.82) is 0 Å². The van der Waals surface area contributed by atoms with Crippen LogP contribution in [0.2, 0.25) is 0 Å². The van der Waals surface area contributed by atoms with Gasteiger partial charge in [0.05, 0.1) is 19.0 Å². The van der Waals surface area contributed by atoms with Crippen LogP contribution in [0.5, 0.6) is 5.75 Å². The van der Waals surface area contributed by atoms with Crippen LogP contribution in [0, 0.1) is 6.92 Å². The van der Waals surface area contributed by atoms with Gasteiger partial charge in [0, 0.05) is 17.8 Å². The fourth-order valence-electron chi connectivity index (χ4n) is 4.15. The second-order valence-corrected chi connectivity index (χ2v) is 11.2. The maximum atomic E-state index is 13.2. The molecule has 4 amide bonds. The summed E-state index contributed by atoms with van der Waals surface area (Å²) in [6.07, 6.45) is -1.51. The Balaban J connectivity index is 1.57. The zero-order valence-electron chi connectivity index (χ0n) is 21.9. The highest BCUT2D eigenvalue weighted by Gasteiger charge is 2.49. The molecule has 2 aromatic carbocycles. The van der Waals surface area contributed by atoms with Crippen molar-refractivity contribution in [1.82, 2.24) is 20.9 Å². The average molecular weight is 529 g/mol. The number of benzene rings is 2. The number of ether oxygens (including phenoxy) is 1. The van der Waals surface area contributed by atoms with E-state index in [-0.39, 0.29) is 18.3 Å². The molecule has 0 radical (unpaired) electrons. The zero-order chi connectivity index (χ0) is 27.2. The molecule has 3 rings (SSSR count). The van der Waals surface area contributed by atoms with Crippen LogP contribution in [0.1, 0.15) is 37.5 Å². The van der Waals surface area contributed by atoms with Gasteiger partial charge in [-0.1, -0.05) is 36.4 Å². The molecule has 1 fully saturated rings. The molecule has 1 aliphatic heterocycles. The van der Waals surface area contributed by atoms with E-state index in [0.717, 1.165) is 16.7 Å². The molecule has 37 heavy (non-hydrogen) atoms. The first-order chi connectivity index (χ1) is 17.5. The number of methoxy groups -OCH3 is 1. The third kappa shape index (κ3) is 7.17. The van der Waals surface area contributed by atoms with Crippen molar-refractivity contribution in [2.24, 2.45) is 0 Å². The van der Waals surface area contributed by atoms with Crippen molar-refractivity contribution >= 4 is 29.6 Å². The Hall–Kier alpha value is -3.24. The topological polar surface area (TPSA) is 120 Å². The van der Waals surface area contributed by atoms with E-state index in [0.29, 0.717) is 12.3 Å². The monoisotopic (exact) mass is 528 g/mol. The Kier molecular flexibility index (Phi) is 9.45. The molecule has 3 atom stereocenters. The molecule has 0 spiro atoms. The highest BCUT2D eigenvalue weighted by Crippen LogP contribution is 2.39. The molecule has 0 bridgehead atoms. The lowest BCUT2D eigenvalue weighted by molar-refractivity contribution is -0.147. The lowest BCUT2D eigenvalue weighted by atomic mass is 9.99. The van der Waals surface area contributed by atoms with Crippen molar-refractivity contribution < 1.29 is 24.2 Å². The lowest BCUT2D eigenvalue weighted by Gasteiger charge is -2.32. The van der Waals surface area contributed by atoms with Gasteiger partial charge in [-0.15, -0.1) is 11.8 Å². The highest BCUT2D eigenvalue weighted by atomic mass is 32.2. The molecule has 2 aromatic rings. The third-order valence-electron chi connectivity index (χ3n) is 6.49. The molecule has 1 aliphatic rings. The number of amides is 4. The van der Waals surface area contributed by atoms with Crippen LogP contribution in [-0.4, -0.2) is 63.8 Å². The molecule has 200 valence electrons. The van der Waals surface area contributed by atoms with E-state index in [2.05, 4.69) is 16.0 Å². The van der Waals surface area contributed by atoms with Crippen molar-refractivity contribution in [3.05, 3.63) is 65.2 Å². The number of carbonyl (C=O) groups excluding carboxylic acids is 3. The molecule has 0 aliphatic carbocycles. The first-order valence-electron chi connectivity index (χ1n) is 12.2. The quantitative estimate of drug-likeness (QED) is 0.397. The van der Waals surface area contributed by atoms with Crippen LogP contribution in [0.4, 0.5) is 4.79 Å². The fourth-order valence-corrected chi connectivity index (χ4v) is 5.29. The Morgan fingerprint density at radius 3 is 2.43 bits per heavy atom. The standard InChI is InChI=1S/C27H36N4O5S/c1-17-8-6-7-9-20(17)15-28-24(33)23-27(3,4)37-16-31(23)25(34)22(32)18(2)30-26(35)29-14-19-10-12-21(36-5)13-11-19/h6-13,18,22-23,32H,14-16H2,1-5H3,(H,28,33)(H2,29,30,35). The molecular formula is C27H36N4O5S. The van der Waals surface area contributed by atoms with Gasteiger partial charge in [-0.25, -0.2) is 4.79 Å². The molecule has 3 unspecified atom stereocenters. The van der Waals surface area contributed by atoms with E-state index in [4.69, 9.17) is 4.74 Å². The Labute approximate surface area is 222 Å². The van der Waals surface area contributed by atoms with Gasteiger partial charge in [-0.05, 0) is 56.5 Å². The number of aliphatic hydroxyl groups is 1. The van der Waals surface area contributed by atoms with Crippen molar-refractivity contribution in [2.45, 2.75) is 63.7 Å². The summed E-state index contributed by atoms with van der Waals surface area (Å²) >= 11 is 1.47. The number of urea groups is 1. The van der Waals surface area contributed by atoms with Gasteiger partial charge in [0.1, 0.15) is 11.8 Å². The molecule has 10 heteroatoms. The van der Waals surface area contributed by atoms with E-state index in [1.165, 1.54) is 16.7 Å². The van der Waals surface area contributed by atoms with Gasteiger partial charge in [0.15, 0.2) is 6.10 Å². The largest absolute Gasteiger partial charge is 0.497 e. The van der Waals surface area contributed by atoms with Gasteiger partial charge >= 0.3 is 6.03 Å². The number of aryl methyl sites for hydroxylation is 1. The number of hydrogen-bond acceptors (Lipinski definition) is 6. The number of nitrogens with zero attached hydrogens (tertiary/aromatic N) is 1. The normalized spacial score (nSPS) is 18.0. The van der Waals surface area contributed by atoms with E-state index in [9.17, 15) is 19.5 Å². The first kappa shape index (κ1) is 28.3. The van der Waals surface area contributed by atoms with E-state index < -0.39 is 34.9 Å². The van der Waals surface area contributed by atoms with Gasteiger partial charge in [0.2, 0.25) is 5.91 Å². The number of carbonyl (C=O) groups is 3. The van der Waals surface area contributed by atoms with Crippen LogP contribution in [0.15, 0.2) is 48.5 Å². The molecule has 1 saturated heterocycles. The summed E-state index contributed by atoms with van der Waals surface area (Å²) in [5.41, 5.74) is 2.93. The molecular weight excluding hydrogens is 492 g/mol. The number of nitrogens with one attached hydrogen (secondary N) is 3. The maximum Gasteiger partial charge on any atom is 0.315 e. The molecule has 0 aromatic heterocycles. The van der Waals surface area contributed by atoms with Gasteiger partial charge in [-0.3, -0.25) is 9.59 Å². The number of hydrogen-bond donors (Lipinski definition) is 4. The summed E-state index contributed by atoms with van der Waals surface area (Å²) in [6.45, 7) is 7.96. The molecule has 0 saturated carbocycles. The maximum absolute atomic E-state index is 13.2. The Morgan fingerprint density at radius 1 is 1.11 bits per heavy atom. The van der Waals surface area contributed by atoms with Crippen molar-refractivity contribution in [3.8, 4) is 5.75 Å². The average Bonchev–Trinajstić information content (AvgIpc) is 3.20. The van der Waals surface area contributed by atoms with Crippen LogP contribution in [0.3, 0.4) is 0 Å². The predicted octanol–water partition coefficient (Wildman–Crippen LogP) is 2.55. The van der Waals surface area contributed by atoms with Crippen LogP contribution < -0.4 is 20.7 Å². The second kappa shape index (κ2) is 12.3. The fraction of sp³-hybridized carbons (Fsp3) is 0.444. The van der Waals surface area contributed by atoms with Gasteiger partial charge < -0.3 is 30.7 Å². The SMILES string of the molecule is COc1ccc(CNC(=O)NC(C)C(O)C(=O)N2CSC(C)(C)C2C(=O)NCc2ccccc2C)cc1. The smallest absolute Gasteiger partial charge is 0.315 e. The lowest BCUT2D eigenvalue weighted by Crippen LogP contribution is -2.58. The molecule has 4 N–H and O–H groups in total. The number of rotatable bonds is 9. The van der Waals surface area contributed by atoms with Crippen molar-refractivity contribution in [3.63, 3.8) is 0 Å². The summed E-state index contributed by atoms with van der Waals surface area (Å²) in [5, 5.41) is 19.0. The minimum Gasteiger partial charge on any atom is -0.497 e. The summed E-state index contributed by atoms with van der Waals surface area (Å²) in [6, 6.07) is 12.9. The van der Waals surface area contributed by atoms with Crippen LogP contribution in [-0.2, 0) is 22.7 Å². The summed E-state index contributed by atoms with van der Waals surface area (Å²) in [7, 11) is 1.58. The molecule has 1 heterocycles. The van der Waals surface area contributed by atoms with Crippen LogP contribution >= 0.6 is 11.8 Å². The summed E-state index contributed by atoms with van der Waals surface area (Å²) in [5.74, 6) is 0.101. The number of aliphatic hydroxyl groups excluding tert-OH is 1. The zero-order valence-corrected chi connectivity index (χ0v) is 22.7. The van der Waals surface area contributed by atoms with Gasteiger partial charge in [-0.2, -0.15) is 0 Å². The van der Waals surface area contributed by atoms with E-state index in [1.54, 1.807) is 26.2 Å². The summed E-state index contributed by atoms with van der Waals surface area (Å²) < 4.78 is 4.58. The van der Waals surface area contributed by atoms with Crippen LogP contribution in [0.25, 0.3) is 0 Å².